The number of hydrogen-bond donors (Lipinski definition) is 0. The minimum absolute atomic E-state index is 0.665. The van der Waals surface area contributed by atoms with E-state index >= 15 is 0 Å². The molecule has 0 N–H and O–H groups in total. The van der Waals surface area contributed by atoms with Crippen LogP contribution in [0.15, 0.2) is 42.5 Å². The third-order valence-corrected chi connectivity index (χ3v) is 4.93. The van der Waals surface area contributed by atoms with Gasteiger partial charge in [0.1, 0.15) is 29.9 Å². The maximum atomic E-state index is 12.5. The van der Waals surface area contributed by atoms with E-state index in [0.29, 0.717) is 5.75 Å². The van der Waals surface area contributed by atoms with E-state index in [-0.39, 0.29) is 0 Å². The molecule has 162 valence electrons. The molecule has 0 aromatic heterocycles. The van der Waals surface area contributed by atoms with Gasteiger partial charge in [0.15, 0.2) is 17.5 Å². The van der Waals surface area contributed by atoms with E-state index < -0.39 is 51.5 Å². The molecule has 0 saturated carbocycles. The first-order valence-electron chi connectivity index (χ1n) is 8.33. The van der Waals surface area contributed by atoms with Gasteiger partial charge in [-0.3, -0.25) is 0 Å². The fourth-order valence-corrected chi connectivity index (χ4v) is 3.62. The Morgan fingerprint density at radius 3 is 1.67 bits per heavy atom. The van der Waals surface area contributed by atoms with Crippen molar-refractivity contribution in [3.8, 4) is 0 Å². The summed E-state index contributed by atoms with van der Waals surface area (Å²) < 4.78 is 109. The summed E-state index contributed by atoms with van der Waals surface area (Å²) in [7, 11) is -1.70. The molecule has 3 aromatic rings. The van der Waals surface area contributed by atoms with Gasteiger partial charge in [-0.1, -0.05) is 36.4 Å². The molecule has 11 heteroatoms. The number of benzene rings is 3. The highest BCUT2D eigenvalue weighted by molar-refractivity contribution is 8.00. The summed E-state index contributed by atoms with van der Waals surface area (Å²) >= 11 is 0. The Morgan fingerprint density at radius 1 is 0.733 bits per heavy atom. The molecule has 0 amide bonds. The molecule has 0 unspecified atom stereocenters. The summed E-state index contributed by atoms with van der Waals surface area (Å²) in [5, 5.41) is 2.46. The molecule has 0 radical (unpaired) electrons. The van der Waals surface area contributed by atoms with Crippen LogP contribution in [0.1, 0.15) is 5.56 Å². The topological polar surface area (TPSA) is 17.1 Å². The number of rotatable bonds is 3. The highest BCUT2D eigenvalue weighted by atomic mass is 32.2. The second kappa shape index (κ2) is 8.75. The van der Waals surface area contributed by atoms with Crippen LogP contribution in [0.5, 0.6) is 0 Å². The molecule has 3 rings (SSSR count). The van der Waals surface area contributed by atoms with E-state index in [1.807, 2.05) is 24.6 Å². The van der Waals surface area contributed by atoms with Gasteiger partial charge in [-0.2, -0.15) is 0 Å². The zero-order chi connectivity index (χ0) is 22.9. The molecule has 0 atom stereocenters. The van der Waals surface area contributed by atoms with Gasteiger partial charge in [-0.25, -0.2) is 22.0 Å². The van der Waals surface area contributed by atoms with Crippen LogP contribution in [-0.4, -0.2) is 19.5 Å². The zero-order valence-electron chi connectivity index (χ0n) is 15.7. The van der Waals surface area contributed by atoms with Crippen LogP contribution in [0.25, 0.3) is 10.8 Å². The van der Waals surface area contributed by atoms with Crippen molar-refractivity contribution in [1.29, 1.82) is 0 Å². The first-order chi connectivity index (χ1) is 13.7. The Hall–Kier alpha value is -2.43. The fourth-order valence-electron chi connectivity index (χ4n) is 2.64. The van der Waals surface area contributed by atoms with Crippen molar-refractivity contribution in [2.45, 2.75) is 5.75 Å². The average Bonchev–Trinajstić information content (AvgIpc) is 2.63. The molecular weight excluding hydrogens is 439 g/mol. The van der Waals surface area contributed by atoms with Gasteiger partial charge < -0.3 is 12.9 Å². The number of halogens is 8. The smallest absolute Gasteiger partial charge is 0.445 e. The van der Waals surface area contributed by atoms with Gasteiger partial charge >= 0.3 is 6.98 Å². The lowest BCUT2D eigenvalue weighted by Gasteiger charge is -2.17. The Balaban J connectivity index is 0.000000214. The third kappa shape index (κ3) is 5.59. The molecule has 0 aliphatic carbocycles. The number of hydrogen-bond acceptors (Lipinski definition) is 1. The molecule has 0 aliphatic rings. The zero-order valence-corrected chi connectivity index (χ0v) is 16.5. The predicted molar refractivity (Wildman–Crippen MR) is 102 cm³/mol. The molecule has 0 fully saturated rings. The summed E-state index contributed by atoms with van der Waals surface area (Å²) in [6, 6.07) is 14.5. The Kier molecular flexibility index (Phi) is 6.95. The van der Waals surface area contributed by atoms with Crippen LogP contribution in [0.4, 0.5) is 34.9 Å². The second-order valence-electron chi connectivity index (χ2n) is 6.82. The van der Waals surface area contributed by atoms with Crippen molar-refractivity contribution >= 4 is 33.1 Å². The van der Waals surface area contributed by atoms with E-state index in [9.17, 15) is 39.1 Å². The molecule has 30 heavy (non-hydrogen) atoms. The van der Waals surface area contributed by atoms with Gasteiger partial charge in [0.25, 0.3) is 0 Å². The van der Waals surface area contributed by atoms with E-state index in [1.165, 1.54) is 10.8 Å². The van der Waals surface area contributed by atoms with Crippen molar-refractivity contribution in [1.82, 2.24) is 0 Å². The minimum Gasteiger partial charge on any atom is -0.445 e. The van der Waals surface area contributed by atoms with Gasteiger partial charge in [-0.05, 0) is 22.3 Å². The lowest BCUT2D eigenvalue weighted by atomic mass is 9.79. The van der Waals surface area contributed by atoms with Crippen LogP contribution in [0.3, 0.4) is 0 Å². The lowest BCUT2D eigenvalue weighted by Crippen LogP contribution is -2.41. The van der Waals surface area contributed by atoms with Gasteiger partial charge in [0, 0.05) is 5.56 Å². The lowest BCUT2D eigenvalue weighted by molar-refractivity contribution is 0.377. The maximum Gasteiger partial charge on any atom is 0.515 e. The SMILES string of the molecule is C[S+](C)(=O)Cc1ccc2ccccc2c1.Fc1c(F)c(F)c([B-](F)(F)F)c(F)c1F. The van der Waals surface area contributed by atoms with Crippen molar-refractivity contribution in [2.75, 3.05) is 12.5 Å². The highest BCUT2D eigenvalue weighted by Gasteiger charge is 2.37. The van der Waals surface area contributed by atoms with Crippen LogP contribution in [0, 0.1) is 29.1 Å². The predicted octanol–water partition coefficient (Wildman–Crippen LogP) is 5.54. The van der Waals surface area contributed by atoms with E-state index in [4.69, 9.17) is 0 Å². The highest BCUT2D eigenvalue weighted by Crippen LogP contribution is 2.21. The molecule has 0 saturated heterocycles. The Morgan fingerprint density at radius 2 is 1.20 bits per heavy atom. The maximum absolute atomic E-state index is 12.5. The average molecular weight is 454 g/mol. The van der Waals surface area contributed by atoms with Gasteiger partial charge in [0.2, 0.25) is 0 Å². The van der Waals surface area contributed by atoms with Crippen molar-refractivity contribution in [3.05, 3.63) is 77.1 Å². The third-order valence-electron chi connectivity index (χ3n) is 3.90. The largest absolute Gasteiger partial charge is 0.515 e. The molecule has 0 bridgehead atoms. The number of fused-ring (bicyclic) bond motifs is 1. The Labute approximate surface area is 168 Å². The molecule has 1 nitrogen and oxygen atoms in total. The fraction of sp³-hybridized carbons (Fsp3) is 0.158. The normalized spacial score (nSPS) is 11.9. The van der Waals surface area contributed by atoms with Crippen LogP contribution >= 0.6 is 0 Å². The van der Waals surface area contributed by atoms with Crippen molar-refractivity contribution < 1.29 is 39.1 Å². The van der Waals surface area contributed by atoms with Gasteiger partial charge in [-0.15, -0.1) is 4.21 Å². The van der Waals surface area contributed by atoms with E-state index in [1.54, 1.807) is 0 Å². The first-order valence-corrected chi connectivity index (χ1v) is 10.9. The standard InChI is InChI=1S/C13H15OS.C6BF8/c1-15(2,14)10-11-7-8-12-5-3-4-6-13(12)9-11;8-2-1(7(13,14)15)3(9)5(11)6(12)4(2)10/h3-9H,10H2,1-2H3;/q+1;-1. The van der Waals surface area contributed by atoms with Gasteiger partial charge in [0.05, 0.1) is 9.93 Å². The second-order valence-corrected chi connectivity index (χ2v) is 9.98. The van der Waals surface area contributed by atoms with Crippen molar-refractivity contribution in [3.63, 3.8) is 0 Å². The Bertz CT molecular complexity index is 1090. The summed E-state index contributed by atoms with van der Waals surface area (Å²) in [6.07, 6.45) is 3.62. The molecule has 0 aliphatic heterocycles. The molecular formula is C19H15BF8OS. The first kappa shape index (κ1) is 23.9. The molecule has 3 aromatic carbocycles. The van der Waals surface area contributed by atoms with Crippen LogP contribution in [-0.2, 0) is 19.9 Å². The summed E-state index contributed by atoms with van der Waals surface area (Å²) in [6.45, 7) is -6.30. The quantitative estimate of drug-likeness (QED) is 0.167. The van der Waals surface area contributed by atoms with E-state index in [0.717, 1.165) is 5.56 Å². The van der Waals surface area contributed by atoms with E-state index in [2.05, 4.69) is 30.3 Å². The minimum atomic E-state index is -6.30. The summed E-state index contributed by atoms with van der Waals surface area (Å²) in [4.78, 5) is 0. The van der Waals surface area contributed by atoms with Crippen LogP contribution in [0.2, 0.25) is 0 Å². The molecule has 0 spiro atoms. The molecule has 0 heterocycles. The summed E-state index contributed by atoms with van der Waals surface area (Å²) in [5.74, 6) is -12.9. The summed E-state index contributed by atoms with van der Waals surface area (Å²) in [5.41, 5.74) is -1.57. The van der Waals surface area contributed by atoms with Crippen molar-refractivity contribution in [2.24, 2.45) is 0 Å². The van der Waals surface area contributed by atoms with Crippen LogP contribution < -0.4 is 5.46 Å². The monoisotopic (exact) mass is 454 g/mol.